The number of benzene rings is 1. The number of aromatic carboxylic acids is 1. The van der Waals surface area contributed by atoms with Crippen LogP contribution in [0.3, 0.4) is 0 Å². The molecule has 0 amide bonds. The van der Waals surface area contributed by atoms with E-state index < -0.39 is 26.3 Å². The molecule has 0 radical (unpaired) electrons. The molecule has 1 aromatic heterocycles. The van der Waals surface area contributed by atoms with E-state index in [1.807, 2.05) is 0 Å². The Morgan fingerprint density at radius 2 is 1.85 bits per heavy atom. The summed E-state index contributed by atoms with van der Waals surface area (Å²) in [5.41, 5.74) is 0.303. The highest BCUT2D eigenvalue weighted by molar-refractivity contribution is 7.91. The van der Waals surface area contributed by atoms with Crippen molar-refractivity contribution in [2.24, 2.45) is 0 Å². The van der Waals surface area contributed by atoms with E-state index in [-0.39, 0.29) is 11.3 Å². The van der Waals surface area contributed by atoms with Gasteiger partial charge in [-0.3, -0.25) is 0 Å². The number of hydrogen-bond acceptors (Lipinski definition) is 4. The predicted octanol–water partition coefficient (Wildman–Crippen LogP) is 2.84. The molecule has 0 saturated heterocycles. The fourth-order valence-electron chi connectivity index (χ4n) is 1.82. The number of hydrogen-bond donors (Lipinski definition) is 1. The van der Waals surface area contributed by atoms with Gasteiger partial charge >= 0.3 is 5.97 Å². The van der Waals surface area contributed by atoms with Gasteiger partial charge in [0.25, 0.3) is 0 Å². The van der Waals surface area contributed by atoms with Gasteiger partial charge in [-0.15, -0.1) is 0 Å². The van der Waals surface area contributed by atoms with E-state index in [0.717, 1.165) is 0 Å². The number of carbonyl (C=O) groups is 1. The Hall–Kier alpha value is -1.82. The summed E-state index contributed by atoms with van der Waals surface area (Å²) in [5, 5.41) is 9.71. The minimum absolute atomic E-state index is 0.0198. The van der Waals surface area contributed by atoms with Gasteiger partial charge in [0.05, 0.1) is 4.75 Å². The maximum absolute atomic E-state index is 12.2. The van der Waals surface area contributed by atoms with Crippen LogP contribution in [0.5, 0.6) is 0 Å². The highest BCUT2D eigenvalue weighted by atomic mass is 32.2. The Morgan fingerprint density at radius 3 is 2.40 bits per heavy atom. The second-order valence-electron chi connectivity index (χ2n) is 5.57. The molecule has 0 fully saturated rings. The van der Waals surface area contributed by atoms with Crippen molar-refractivity contribution in [3.63, 3.8) is 0 Å². The number of para-hydroxylation sites is 1. The van der Waals surface area contributed by atoms with E-state index in [0.29, 0.717) is 11.0 Å². The molecular weight excluding hydrogens is 280 g/mol. The zero-order chi connectivity index (χ0) is 15.1. The van der Waals surface area contributed by atoms with Gasteiger partial charge in [-0.25, -0.2) is 13.2 Å². The van der Waals surface area contributed by atoms with Gasteiger partial charge in [-0.1, -0.05) is 18.2 Å². The lowest BCUT2D eigenvalue weighted by atomic mass is 10.1. The minimum atomic E-state index is -3.51. The van der Waals surface area contributed by atoms with Gasteiger partial charge in [0.2, 0.25) is 0 Å². The van der Waals surface area contributed by atoms with Crippen molar-refractivity contribution in [2.75, 3.05) is 0 Å². The first-order valence-corrected chi connectivity index (χ1v) is 7.75. The average Bonchev–Trinajstić information content (AvgIpc) is 2.64. The van der Waals surface area contributed by atoms with Crippen LogP contribution in [0.15, 0.2) is 28.7 Å². The summed E-state index contributed by atoms with van der Waals surface area (Å²) in [6, 6.07) is 6.62. The molecule has 0 unspecified atom stereocenters. The van der Waals surface area contributed by atoms with Crippen molar-refractivity contribution < 1.29 is 22.7 Å². The maximum atomic E-state index is 12.2. The highest BCUT2D eigenvalue weighted by Gasteiger charge is 2.33. The monoisotopic (exact) mass is 296 g/mol. The van der Waals surface area contributed by atoms with Crippen LogP contribution in [0, 0.1) is 0 Å². The minimum Gasteiger partial charge on any atom is -0.478 e. The van der Waals surface area contributed by atoms with Crippen molar-refractivity contribution in [2.45, 2.75) is 31.3 Å². The Morgan fingerprint density at radius 1 is 1.25 bits per heavy atom. The molecule has 0 spiro atoms. The molecule has 1 aromatic carbocycles. The zero-order valence-corrected chi connectivity index (χ0v) is 12.3. The molecule has 1 heterocycles. The molecule has 2 aromatic rings. The molecule has 0 aliphatic rings. The predicted molar refractivity (Wildman–Crippen MR) is 75.6 cm³/mol. The zero-order valence-electron chi connectivity index (χ0n) is 11.5. The molecule has 20 heavy (non-hydrogen) atoms. The Labute approximate surface area is 117 Å². The number of fused-ring (bicyclic) bond motifs is 1. The molecule has 0 saturated carbocycles. The lowest BCUT2D eigenvalue weighted by Crippen LogP contribution is -2.29. The molecule has 108 valence electrons. The Balaban J connectivity index is 2.61. The number of rotatable bonds is 3. The van der Waals surface area contributed by atoms with E-state index >= 15 is 0 Å². The summed E-state index contributed by atoms with van der Waals surface area (Å²) >= 11 is 0. The van der Waals surface area contributed by atoms with E-state index in [9.17, 15) is 18.3 Å². The summed E-state index contributed by atoms with van der Waals surface area (Å²) in [7, 11) is -3.51. The van der Waals surface area contributed by atoms with Crippen LogP contribution in [0.2, 0.25) is 0 Å². The second kappa shape index (κ2) is 4.63. The molecule has 1 N–H and O–H groups in total. The van der Waals surface area contributed by atoms with Crippen LogP contribution in [0.4, 0.5) is 0 Å². The van der Waals surface area contributed by atoms with Gasteiger partial charge < -0.3 is 9.52 Å². The van der Waals surface area contributed by atoms with Crippen LogP contribution in [0.1, 0.15) is 36.9 Å². The number of carboxylic acid groups (broad SMARTS) is 1. The van der Waals surface area contributed by atoms with E-state index in [4.69, 9.17) is 4.42 Å². The van der Waals surface area contributed by atoms with E-state index in [2.05, 4.69) is 0 Å². The summed E-state index contributed by atoms with van der Waals surface area (Å²) in [5.74, 6) is -1.63. The third-order valence-electron chi connectivity index (χ3n) is 3.14. The Bertz CT molecular complexity index is 762. The standard InChI is InChI=1S/C14H16O5S/c1-14(2,3)20(17,18)8-11-12(13(15)16)9-6-4-5-7-10(9)19-11/h4-7H,8H2,1-3H3,(H,15,16). The molecule has 5 nitrogen and oxygen atoms in total. The molecular formula is C14H16O5S. The first kappa shape index (κ1) is 14.6. The highest BCUT2D eigenvalue weighted by Crippen LogP contribution is 2.29. The normalized spacial score (nSPS) is 12.8. The molecule has 0 atom stereocenters. The van der Waals surface area contributed by atoms with Crippen LogP contribution in [-0.2, 0) is 15.6 Å². The molecule has 0 bridgehead atoms. The fourth-order valence-corrected chi connectivity index (χ4v) is 2.80. The summed E-state index contributed by atoms with van der Waals surface area (Å²) < 4.78 is 28.9. The topological polar surface area (TPSA) is 84.6 Å². The quantitative estimate of drug-likeness (QED) is 0.941. The summed E-state index contributed by atoms with van der Waals surface area (Å²) in [4.78, 5) is 11.4. The summed E-state index contributed by atoms with van der Waals surface area (Å²) in [6.45, 7) is 4.72. The van der Waals surface area contributed by atoms with Gasteiger partial charge in [-0.05, 0) is 26.8 Å². The van der Waals surface area contributed by atoms with Crippen molar-refractivity contribution in [3.05, 3.63) is 35.6 Å². The maximum Gasteiger partial charge on any atom is 0.339 e. The third-order valence-corrected chi connectivity index (χ3v) is 5.64. The van der Waals surface area contributed by atoms with Gasteiger partial charge in [0, 0.05) is 5.39 Å². The number of furan rings is 1. The van der Waals surface area contributed by atoms with Crippen molar-refractivity contribution in [3.8, 4) is 0 Å². The number of carboxylic acids is 1. The SMILES string of the molecule is CC(C)(C)S(=O)(=O)Cc1oc2ccccc2c1C(=O)O. The second-order valence-corrected chi connectivity index (χ2v) is 8.32. The van der Waals surface area contributed by atoms with Gasteiger partial charge in [-0.2, -0.15) is 0 Å². The first-order chi connectivity index (χ1) is 9.13. The third kappa shape index (κ3) is 2.43. The van der Waals surface area contributed by atoms with Crippen LogP contribution < -0.4 is 0 Å². The van der Waals surface area contributed by atoms with E-state index in [1.54, 1.807) is 45.0 Å². The molecule has 6 heteroatoms. The van der Waals surface area contributed by atoms with E-state index in [1.165, 1.54) is 0 Å². The summed E-state index contributed by atoms with van der Waals surface area (Å²) in [6.07, 6.45) is 0. The Kier molecular flexibility index (Phi) is 3.37. The lowest BCUT2D eigenvalue weighted by Gasteiger charge is -2.18. The van der Waals surface area contributed by atoms with Crippen molar-refractivity contribution >= 4 is 26.8 Å². The molecule has 0 aliphatic heterocycles. The number of sulfone groups is 1. The van der Waals surface area contributed by atoms with Gasteiger partial charge in [0.15, 0.2) is 9.84 Å². The molecule has 2 rings (SSSR count). The fraction of sp³-hybridized carbons (Fsp3) is 0.357. The first-order valence-electron chi connectivity index (χ1n) is 6.09. The van der Waals surface area contributed by atoms with Crippen molar-refractivity contribution in [1.29, 1.82) is 0 Å². The smallest absolute Gasteiger partial charge is 0.339 e. The molecule has 0 aliphatic carbocycles. The van der Waals surface area contributed by atoms with Crippen LogP contribution >= 0.6 is 0 Å². The van der Waals surface area contributed by atoms with Gasteiger partial charge in [0.1, 0.15) is 22.7 Å². The lowest BCUT2D eigenvalue weighted by molar-refractivity contribution is 0.0697. The van der Waals surface area contributed by atoms with Crippen molar-refractivity contribution in [1.82, 2.24) is 0 Å². The average molecular weight is 296 g/mol. The van der Waals surface area contributed by atoms with Crippen LogP contribution in [0.25, 0.3) is 11.0 Å². The van der Waals surface area contributed by atoms with Crippen LogP contribution in [-0.4, -0.2) is 24.2 Å². The largest absolute Gasteiger partial charge is 0.478 e.